The molecule has 0 spiro atoms. The van der Waals surface area contributed by atoms with Gasteiger partial charge in [0.1, 0.15) is 5.70 Å². The van der Waals surface area contributed by atoms with Crippen LogP contribution in [0.4, 0.5) is 0 Å². The van der Waals surface area contributed by atoms with Crippen LogP contribution in [-0.4, -0.2) is 52.3 Å². The second-order valence-corrected chi connectivity index (χ2v) is 4.02. The largest absolute Gasteiger partial charge is 0.477 e. The first-order valence-electron chi connectivity index (χ1n) is 4.98. The summed E-state index contributed by atoms with van der Waals surface area (Å²) in [5.74, 6) is -2.08. The molecule has 88 valence electrons. The summed E-state index contributed by atoms with van der Waals surface area (Å²) in [7, 11) is 1.45. The van der Waals surface area contributed by atoms with Gasteiger partial charge in [-0.05, 0) is 13.0 Å². The summed E-state index contributed by atoms with van der Waals surface area (Å²) in [6, 6.07) is -0.386. The molecule has 1 fully saturated rings. The van der Waals surface area contributed by atoms with Crippen molar-refractivity contribution in [1.82, 2.24) is 4.90 Å². The molecule has 0 aromatic carbocycles. The number of ether oxygens (including phenoxy) is 1. The number of nitrogens with zero attached hydrogens (tertiary/aromatic N) is 1. The number of β-lactam (4-membered cyclic amide) rings is 1. The van der Waals surface area contributed by atoms with Crippen molar-refractivity contribution in [2.75, 3.05) is 7.11 Å². The molecule has 6 heteroatoms. The van der Waals surface area contributed by atoms with Gasteiger partial charge in [0.2, 0.25) is 5.91 Å². The quantitative estimate of drug-likeness (QED) is 0.616. The number of hydrogen-bond acceptors (Lipinski definition) is 4. The Balaban J connectivity index is 2.28. The first-order valence-corrected chi connectivity index (χ1v) is 4.98. The molecule has 2 heterocycles. The minimum Gasteiger partial charge on any atom is -0.477 e. The molecule has 0 unspecified atom stereocenters. The fourth-order valence-electron chi connectivity index (χ4n) is 2.37. The highest BCUT2D eigenvalue weighted by Gasteiger charge is 2.58. The molecule has 0 aromatic rings. The third-order valence-corrected chi connectivity index (χ3v) is 3.12. The molecule has 16 heavy (non-hydrogen) atoms. The highest BCUT2D eigenvalue weighted by molar-refractivity contribution is 5.99. The summed E-state index contributed by atoms with van der Waals surface area (Å²) in [5.41, 5.74) is -0.0567. The van der Waals surface area contributed by atoms with E-state index in [0.717, 1.165) is 0 Å². The van der Waals surface area contributed by atoms with Crippen LogP contribution < -0.4 is 0 Å². The molecule has 2 aliphatic heterocycles. The number of aliphatic carboxylic acids is 1. The zero-order chi connectivity index (χ0) is 12.0. The maximum absolute atomic E-state index is 11.7. The molecular formula is C10H13NO5. The minimum atomic E-state index is -1.15. The maximum Gasteiger partial charge on any atom is 0.352 e. The van der Waals surface area contributed by atoms with Crippen molar-refractivity contribution in [3.05, 3.63) is 11.8 Å². The van der Waals surface area contributed by atoms with E-state index in [-0.39, 0.29) is 17.6 Å². The minimum absolute atomic E-state index is 0.0567. The number of amides is 1. The van der Waals surface area contributed by atoms with E-state index in [9.17, 15) is 14.7 Å². The summed E-state index contributed by atoms with van der Waals surface area (Å²) in [4.78, 5) is 23.8. The number of carboxylic acid groups (broad SMARTS) is 1. The van der Waals surface area contributed by atoms with Crippen LogP contribution in [0.3, 0.4) is 0 Å². The number of hydrogen-bond donors (Lipinski definition) is 2. The molecular weight excluding hydrogens is 214 g/mol. The summed E-state index contributed by atoms with van der Waals surface area (Å²) in [6.45, 7) is 1.52. The van der Waals surface area contributed by atoms with Crippen LogP contribution in [0.15, 0.2) is 11.8 Å². The fourth-order valence-corrected chi connectivity index (χ4v) is 2.37. The Bertz CT molecular complexity index is 375. The number of carbonyl (C=O) groups excluding carboxylic acids is 1. The van der Waals surface area contributed by atoms with Gasteiger partial charge in [-0.2, -0.15) is 0 Å². The van der Waals surface area contributed by atoms with Crippen LogP contribution >= 0.6 is 0 Å². The molecule has 1 saturated heterocycles. The number of rotatable bonds is 3. The first kappa shape index (κ1) is 11.1. The molecule has 6 nitrogen and oxygen atoms in total. The number of carboxylic acids is 1. The molecule has 0 aliphatic carbocycles. The Morgan fingerprint density at radius 2 is 2.25 bits per heavy atom. The smallest absolute Gasteiger partial charge is 0.352 e. The number of carbonyl (C=O) groups is 2. The molecule has 4 atom stereocenters. The van der Waals surface area contributed by atoms with E-state index in [0.29, 0.717) is 0 Å². The fraction of sp³-hybridized carbons (Fsp3) is 0.600. The molecule has 0 radical (unpaired) electrons. The lowest BCUT2D eigenvalue weighted by molar-refractivity contribution is -0.166. The lowest BCUT2D eigenvalue weighted by atomic mass is 9.82. The number of aliphatic hydroxyl groups excluding tert-OH is 1. The van der Waals surface area contributed by atoms with E-state index >= 15 is 0 Å². The van der Waals surface area contributed by atoms with Crippen molar-refractivity contribution < 1.29 is 24.5 Å². The Hall–Kier alpha value is -1.40. The predicted molar refractivity (Wildman–Crippen MR) is 52.3 cm³/mol. The van der Waals surface area contributed by atoms with Crippen LogP contribution in [0, 0.1) is 5.92 Å². The van der Waals surface area contributed by atoms with Gasteiger partial charge in [-0.25, -0.2) is 4.79 Å². The van der Waals surface area contributed by atoms with Gasteiger partial charge in [0.05, 0.1) is 24.2 Å². The van der Waals surface area contributed by atoms with E-state index in [4.69, 9.17) is 9.84 Å². The number of methoxy groups -OCH3 is 1. The normalized spacial score (nSPS) is 34.2. The summed E-state index contributed by atoms with van der Waals surface area (Å²) < 4.78 is 5.11. The highest BCUT2D eigenvalue weighted by Crippen LogP contribution is 2.41. The van der Waals surface area contributed by atoms with Crippen molar-refractivity contribution in [3.8, 4) is 0 Å². The van der Waals surface area contributed by atoms with Crippen LogP contribution in [-0.2, 0) is 14.3 Å². The first-order chi connectivity index (χ1) is 7.49. The lowest BCUT2D eigenvalue weighted by Crippen LogP contribution is -2.65. The van der Waals surface area contributed by atoms with Gasteiger partial charge in [-0.1, -0.05) is 0 Å². The summed E-state index contributed by atoms with van der Waals surface area (Å²) in [6.07, 6.45) is 0.157. The van der Waals surface area contributed by atoms with Crippen molar-refractivity contribution >= 4 is 11.9 Å². The third kappa shape index (κ3) is 1.27. The highest BCUT2D eigenvalue weighted by atomic mass is 16.5. The molecule has 0 bridgehead atoms. The molecule has 1 amide bonds. The maximum atomic E-state index is 11.7. The van der Waals surface area contributed by atoms with Crippen molar-refractivity contribution in [3.63, 3.8) is 0 Å². The van der Waals surface area contributed by atoms with E-state index in [1.165, 1.54) is 25.0 Å². The Kier molecular flexibility index (Phi) is 2.47. The Morgan fingerprint density at radius 1 is 1.62 bits per heavy atom. The van der Waals surface area contributed by atoms with Gasteiger partial charge in [-0.3, -0.25) is 9.69 Å². The van der Waals surface area contributed by atoms with Crippen LogP contribution in [0.5, 0.6) is 0 Å². The third-order valence-electron chi connectivity index (χ3n) is 3.12. The average Bonchev–Trinajstić information content (AvgIpc) is 2.51. The summed E-state index contributed by atoms with van der Waals surface area (Å²) >= 11 is 0. The van der Waals surface area contributed by atoms with Crippen molar-refractivity contribution in [2.45, 2.75) is 25.2 Å². The van der Waals surface area contributed by atoms with Gasteiger partial charge in [0.25, 0.3) is 0 Å². The standard InChI is InChI=1S/C10H13NO5/c1-4(12)7-8-6(16-2)3-5(10(14)15)11(8)9(7)13/h3-4,6-8,12H,1-2H3,(H,14,15)/t4-,6-,7-,8-/m1/s1. The van der Waals surface area contributed by atoms with E-state index in [2.05, 4.69) is 0 Å². The lowest BCUT2D eigenvalue weighted by Gasteiger charge is -2.46. The number of aliphatic hydroxyl groups is 1. The zero-order valence-corrected chi connectivity index (χ0v) is 8.95. The van der Waals surface area contributed by atoms with Crippen molar-refractivity contribution in [2.24, 2.45) is 5.92 Å². The Labute approximate surface area is 92.1 Å². The second kappa shape index (κ2) is 3.57. The predicted octanol–water partition coefficient (Wildman–Crippen LogP) is -0.809. The van der Waals surface area contributed by atoms with Gasteiger partial charge >= 0.3 is 5.97 Å². The number of fused-ring (bicyclic) bond motifs is 1. The van der Waals surface area contributed by atoms with Gasteiger partial charge < -0.3 is 14.9 Å². The molecule has 2 N–H and O–H groups in total. The van der Waals surface area contributed by atoms with Gasteiger partial charge in [-0.15, -0.1) is 0 Å². The second-order valence-electron chi connectivity index (χ2n) is 4.02. The van der Waals surface area contributed by atoms with Crippen LogP contribution in [0.25, 0.3) is 0 Å². The zero-order valence-electron chi connectivity index (χ0n) is 8.95. The monoisotopic (exact) mass is 227 g/mol. The Morgan fingerprint density at radius 3 is 2.69 bits per heavy atom. The SMILES string of the molecule is CO[C@@H]1C=C(C(=O)O)N2C(=O)[C@H]([C@@H](C)O)[C@@H]12. The van der Waals surface area contributed by atoms with Crippen molar-refractivity contribution in [1.29, 1.82) is 0 Å². The van der Waals surface area contributed by atoms with Crippen LogP contribution in [0.2, 0.25) is 0 Å². The molecule has 0 aromatic heterocycles. The van der Waals surface area contributed by atoms with E-state index in [1.807, 2.05) is 0 Å². The molecule has 2 aliphatic rings. The average molecular weight is 227 g/mol. The van der Waals surface area contributed by atoms with E-state index < -0.39 is 24.1 Å². The summed E-state index contributed by atoms with van der Waals surface area (Å²) in [5, 5.41) is 18.4. The molecule has 2 rings (SSSR count). The van der Waals surface area contributed by atoms with Gasteiger partial charge in [0, 0.05) is 7.11 Å². The van der Waals surface area contributed by atoms with E-state index in [1.54, 1.807) is 0 Å². The van der Waals surface area contributed by atoms with Gasteiger partial charge in [0.15, 0.2) is 0 Å². The molecule has 0 saturated carbocycles. The topological polar surface area (TPSA) is 87.1 Å². The van der Waals surface area contributed by atoms with Crippen LogP contribution in [0.1, 0.15) is 6.92 Å².